The Morgan fingerprint density at radius 1 is 1.12 bits per heavy atom. The second kappa shape index (κ2) is 7.38. The number of benzene rings is 2. The van der Waals surface area contributed by atoms with Gasteiger partial charge in [0.2, 0.25) is 0 Å². The molecular weight excluding hydrogens is 316 g/mol. The van der Waals surface area contributed by atoms with Gasteiger partial charge in [-0.05, 0) is 56.5 Å². The standard InChI is InChI=1S/C20H22N2O3/c1-13-6-9-18(14(2)10-13)22-19(23)12-25-17-5-3-4-15(11-17)20(24)21-16-7-8-16/h3-6,9-11,16H,7-8,12H2,1-2H3,(H,21,24)(H,22,23). The lowest BCUT2D eigenvalue weighted by Gasteiger charge is -2.11. The molecule has 0 spiro atoms. The van der Waals surface area contributed by atoms with Gasteiger partial charge >= 0.3 is 0 Å². The third-order valence-corrected chi connectivity index (χ3v) is 4.03. The van der Waals surface area contributed by atoms with Crippen molar-refractivity contribution < 1.29 is 14.3 Å². The first-order valence-electron chi connectivity index (χ1n) is 8.42. The largest absolute Gasteiger partial charge is 0.484 e. The van der Waals surface area contributed by atoms with E-state index in [1.165, 1.54) is 0 Å². The molecule has 1 saturated carbocycles. The van der Waals surface area contributed by atoms with Crippen molar-refractivity contribution in [2.45, 2.75) is 32.7 Å². The Hall–Kier alpha value is -2.82. The van der Waals surface area contributed by atoms with Crippen molar-refractivity contribution in [1.82, 2.24) is 5.32 Å². The van der Waals surface area contributed by atoms with Crippen LogP contribution in [0.3, 0.4) is 0 Å². The van der Waals surface area contributed by atoms with Crippen LogP contribution in [-0.2, 0) is 4.79 Å². The Balaban J connectivity index is 1.55. The van der Waals surface area contributed by atoms with Gasteiger partial charge in [0, 0.05) is 17.3 Å². The fourth-order valence-electron chi connectivity index (χ4n) is 2.51. The number of amides is 2. The van der Waals surface area contributed by atoms with Crippen molar-refractivity contribution in [2.24, 2.45) is 0 Å². The highest BCUT2D eigenvalue weighted by atomic mass is 16.5. The summed E-state index contributed by atoms with van der Waals surface area (Å²) >= 11 is 0. The quantitative estimate of drug-likeness (QED) is 0.850. The molecule has 0 aromatic heterocycles. The average molecular weight is 338 g/mol. The zero-order chi connectivity index (χ0) is 17.8. The molecule has 130 valence electrons. The van der Waals surface area contributed by atoms with Gasteiger partial charge in [-0.1, -0.05) is 23.8 Å². The minimum absolute atomic E-state index is 0.104. The van der Waals surface area contributed by atoms with E-state index in [2.05, 4.69) is 10.6 Å². The lowest BCUT2D eigenvalue weighted by Crippen LogP contribution is -2.25. The summed E-state index contributed by atoms with van der Waals surface area (Å²) in [6, 6.07) is 13.0. The molecule has 1 fully saturated rings. The SMILES string of the molecule is Cc1ccc(NC(=O)COc2cccc(C(=O)NC3CC3)c2)c(C)c1. The van der Waals surface area contributed by atoms with Crippen molar-refractivity contribution in [3.05, 3.63) is 59.2 Å². The molecule has 2 aromatic carbocycles. The van der Waals surface area contributed by atoms with E-state index in [0.29, 0.717) is 17.4 Å². The lowest BCUT2D eigenvalue weighted by atomic mass is 10.1. The Morgan fingerprint density at radius 3 is 2.64 bits per heavy atom. The van der Waals surface area contributed by atoms with Gasteiger partial charge in [0.05, 0.1) is 0 Å². The molecule has 1 aliphatic carbocycles. The van der Waals surface area contributed by atoms with Crippen molar-refractivity contribution in [3.63, 3.8) is 0 Å². The number of carbonyl (C=O) groups excluding carboxylic acids is 2. The Kier molecular flexibility index (Phi) is 5.03. The minimum Gasteiger partial charge on any atom is -0.484 e. The third-order valence-electron chi connectivity index (χ3n) is 4.03. The molecular formula is C20H22N2O3. The van der Waals surface area contributed by atoms with Gasteiger partial charge in [-0.2, -0.15) is 0 Å². The summed E-state index contributed by atoms with van der Waals surface area (Å²) in [5, 5.41) is 5.77. The average Bonchev–Trinajstić information content (AvgIpc) is 3.40. The number of hydrogen-bond donors (Lipinski definition) is 2. The summed E-state index contributed by atoms with van der Waals surface area (Å²) in [5.74, 6) is 0.159. The molecule has 0 radical (unpaired) electrons. The van der Waals surface area contributed by atoms with Crippen molar-refractivity contribution in [3.8, 4) is 5.75 Å². The molecule has 3 rings (SSSR count). The molecule has 0 aliphatic heterocycles. The number of nitrogens with one attached hydrogen (secondary N) is 2. The van der Waals surface area contributed by atoms with Crippen molar-refractivity contribution in [1.29, 1.82) is 0 Å². The summed E-state index contributed by atoms with van der Waals surface area (Å²) < 4.78 is 5.52. The fraction of sp³-hybridized carbons (Fsp3) is 0.300. The first kappa shape index (κ1) is 17.0. The molecule has 5 heteroatoms. The second-order valence-corrected chi connectivity index (χ2v) is 6.43. The summed E-state index contributed by atoms with van der Waals surface area (Å²) in [4.78, 5) is 24.1. The van der Waals surface area contributed by atoms with Crippen LogP contribution in [0.5, 0.6) is 5.75 Å². The van der Waals surface area contributed by atoms with E-state index in [4.69, 9.17) is 4.74 Å². The summed E-state index contributed by atoms with van der Waals surface area (Å²) in [5.41, 5.74) is 3.47. The maximum atomic E-state index is 12.1. The molecule has 2 amide bonds. The molecule has 0 saturated heterocycles. The normalized spacial score (nSPS) is 13.2. The first-order chi connectivity index (χ1) is 12.0. The number of ether oxygens (including phenoxy) is 1. The van der Waals surface area contributed by atoms with E-state index < -0.39 is 0 Å². The molecule has 2 N–H and O–H groups in total. The van der Waals surface area contributed by atoms with E-state index in [9.17, 15) is 9.59 Å². The molecule has 0 atom stereocenters. The van der Waals surface area contributed by atoms with Gasteiger partial charge < -0.3 is 15.4 Å². The number of rotatable bonds is 6. The molecule has 0 heterocycles. The van der Waals surface area contributed by atoms with Crippen molar-refractivity contribution >= 4 is 17.5 Å². The summed E-state index contributed by atoms with van der Waals surface area (Å²) in [7, 11) is 0. The number of carbonyl (C=O) groups is 2. The predicted octanol–water partition coefficient (Wildman–Crippen LogP) is 3.21. The van der Waals surface area contributed by atoms with Crippen LogP contribution in [0.2, 0.25) is 0 Å². The molecule has 25 heavy (non-hydrogen) atoms. The zero-order valence-electron chi connectivity index (χ0n) is 14.5. The fourth-order valence-corrected chi connectivity index (χ4v) is 2.51. The monoisotopic (exact) mass is 338 g/mol. The number of anilines is 1. The van der Waals surface area contributed by atoms with Crippen LogP contribution in [-0.4, -0.2) is 24.5 Å². The van der Waals surface area contributed by atoms with Gasteiger partial charge in [0.15, 0.2) is 6.61 Å². The first-order valence-corrected chi connectivity index (χ1v) is 8.42. The van der Waals surface area contributed by atoms with E-state index in [0.717, 1.165) is 29.7 Å². The molecule has 0 bridgehead atoms. The van der Waals surface area contributed by atoms with Crippen LogP contribution in [0.4, 0.5) is 5.69 Å². The van der Waals surface area contributed by atoms with E-state index in [-0.39, 0.29) is 18.4 Å². The molecule has 2 aromatic rings. The van der Waals surface area contributed by atoms with Gasteiger partial charge in [0.25, 0.3) is 11.8 Å². The lowest BCUT2D eigenvalue weighted by molar-refractivity contribution is -0.118. The Labute approximate surface area is 147 Å². The topological polar surface area (TPSA) is 67.4 Å². The minimum atomic E-state index is -0.236. The Morgan fingerprint density at radius 2 is 1.92 bits per heavy atom. The van der Waals surface area contributed by atoms with Gasteiger partial charge in [-0.3, -0.25) is 9.59 Å². The van der Waals surface area contributed by atoms with Crippen LogP contribution in [0.25, 0.3) is 0 Å². The Bertz CT molecular complexity index is 797. The predicted molar refractivity (Wildman–Crippen MR) is 97.0 cm³/mol. The summed E-state index contributed by atoms with van der Waals surface area (Å²) in [6.45, 7) is 3.85. The van der Waals surface area contributed by atoms with E-state index in [1.54, 1.807) is 24.3 Å². The van der Waals surface area contributed by atoms with E-state index in [1.807, 2.05) is 32.0 Å². The summed E-state index contributed by atoms with van der Waals surface area (Å²) in [6.07, 6.45) is 2.08. The van der Waals surface area contributed by atoms with Crippen LogP contribution in [0.1, 0.15) is 34.3 Å². The number of aryl methyl sites for hydroxylation is 2. The zero-order valence-corrected chi connectivity index (χ0v) is 14.5. The highest BCUT2D eigenvalue weighted by Crippen LogP contribution is 2.20. The van der Waals surface area contributed by atoms with Crippen LogP contribution in [0.15, 0.2) is 42.5 Å². The van der Waals surface area contributed by atoms with Crippen LogP contribution >= 0.6 is 0 Å². The van der Waals surface area contributed by atoms with Crippen LogP contribution < -0.4 is 15.4 Å². The molecule has 5 nitrogen and oxygen atoms in total. The van der Waals surface area contributed by atoms with Gasteiger partial charge in [-0.25, -0.2) is 0 Å². The third kappa shape index (κ3) is 4.83. The van der Waals surface area contributed by atoms with Gasteiger partial charge in [-0.15, -0.1) is 0 Å². The highest BCUT2D eigenvalue weighted by molar-refractivity contribution is 5.95. The number of hydrogen-bond acceptors (Lipinski definition) is 3. The highest BCUT2D eigenvalue weighted by Gasteiger charge is 2.23. The second-order valence-electron chi connectivity index (χ2n) is 6.43. The van der Waals surface area contributed by atoms with Gasteiger partial charge in [0.1, 0.15) is 5.75 Å². The molecule has 0 unspecified atom stereocenters. The molecule has 1 aliphatic rings. The maximum absolute atomic E-state index is 12.1. The maximum Gasteiger partial charge on any atom is 0.262 e. The van der Waals surface area contributed by atoms with Crippen molar-refractivity contribution in [2.75, 3.05) is 11.9 Å². The van der Waals surface area contributed by atoms with Crippen LogP contribution in [0, 0.1) is 13.8 Å². The van der Waals surface area contributed by atoms with E-state index >= 15 is 0 Å². The smallest absolute Gasteiger partial charge is 0.262 e.